The van der Waals surface area contributed by atoms with Crippen LogP contribution in [0.2, 0.25) is 0 Å². The van der Waals surface area contributed by atoms with Gasteiger partial charge in [0.15, 0.2) is 10.4 Å². The predicted octanol–water partition coefficient (Wildman–Crippen LogP) is 3.83. The average Bonchev–Trinajstić information content (AvgIpc) is 3.11. The van der Waals surface area contributed by atoms with Crippen LogP contribution in [-0.2, 0) is 22.7 Å². The van der Waals surface area contributed by atoms with Gasteiger partial charge in [0.25, 0.3) is 11.8 Å². The van der Waals surface area contributed by atoms with E-state index in [0.717, 1.165) is 4.90 Å². The molecule has 11 heteroatoms. The molecule has 1 N–H and O–H groups in total. The summed E-state index contributed by atoms with van der Waals surface area (Å²) in [6.07, 6.45) is 0.708. The van der Waals surface area contributed by atoms with E-state index in [0.29, 0.717) is 36.4 Å². The Hall–Kier alpha value is -2.04. The molecule has 3 rings (SSSR count). The number of hydrogen-bond donors (Lipinski definition) is 1. The molecule has 1 fully saturated rings. The van der Waals surface area contributed by atoms with E-state index in [1.165, 1.54) is 0 Å². The summed E-state index contributed by atoms with van der Waals surface area (Å²) in [4.78, 5) is 46.8. The van der Waals surface area contributed by atoms with Gasteiger partial charge in [-0.2, -0.15) is 0 Å². The van der Waals surface area contributed by atoms with E-state index in [2.05, 4.69) is 26.2 Å². The van der Waals surface area contributed by atoms with Crippen molar-refractivity contribution in [2.24, 2.45) is 10.8 Å². The van der Waals surface area contributed by atoms with Crippen molar-refractivity contribution < 1.29 is 23.2 Å². The number of halogens is 3. The van der Waals surface area contributed by atoms with E-state index in [1.54, 1.807) is 25.7 Å². The second kappa shape index (κ2) is 9.78. The van der Waals surface area contributed by atoms with E-state index < -0.39 is 35.7 Å². The quantitative estimate of drug-likeness (QED) is 0.607. The molecule has 8 nitrogen and oxygen atoms in total. The summed E-state index contributed by atoms with van der Waals surface area (Å²) in [6, 6.07) is -1.01. The molecule has 0 aliphatic carbocycles. The van der Waals surface area contributed by atoms with Crippen molar-refractivity contribution in [3.8, 4) is 0 Å². The molecular formula is C24H36BrF2N5O3. The van der Waals surface area contributed by atoms with Crippen LogP contribution in [0.3, 0.4) is 0 Å². The number of nitrogens with one attached hydrogen (secondary N) is 1. The summed E-state index contributed by atoms with van der Waals surface area (Å²) in [5, 5.41) is 2.77. The van der Waals surface area contributed by atoms with Gasteiger partial charge in [-0.05, 0) is 33.2 Å². The Kier molecular flexibility index (Phi) is 7.70. The van der Waals surface area contributed by atoms with Gasteiger partial charge in [-0.15, -0.1) is 0 Å². The van der Waals surface area contributed by atoms with E-state index in [4.69, 9.17) is 0 Å². The number of nitrogens with zero attached hydrogens (tertiary/aromatic N) is 4. The molecule has 196 valence electrons. The first kappa shape index (κ1) is 27.5. The lowest BCUT2D eigenvalue weighted by atomic mass is 9.85. The Morgan fingerprint density at radius 1 is 1.09 bits per heavy atom. The van der Waals surface area contributed by atoms with Crippen molar-refractivity contribution in [1.82, 2.24) is 24.7 Å². The standard InChI is InChI=1S/C24H36BrF2N5O3/c1-22(2,3)12-16(33)30-9-7-10-32-15(13-30)17(28-21(32)25)19(34)29-18(23(4,5)6)20(35)31-11-8-24(26,27)14-31/h18H,7-14H2,1-6H3,(H,29,34)/t18-/m1/s1. The zero-order valence-corrected chi connectivity index (χ0v) is 23.0. The highest BCUT2D eigenvalue weighted by atomic mass is 79.9. The van der Waals surface area contributed by atoms with Gasteiger partial charge in [-0.3, -0.25) is 14.4 Å². The van der Waals surface area contributed by atoms with Crippen LogP contribution in [0.25, 0.3) is 0 Å². The van der Waals surface area contributed by atoms with Gasteiger partial charge in [0, 0.05) is 32.5 Å². The lowest BCUT2D eigenvalue weighted by Gasteiger charge is -2.33. The Bertz CT molecular complexity index is 997. The molecule has 2 aliphatic rings. The number of alkyl halides is 2. The van der Waals surface area contributed by atoms with E-state index in [9.17, 15) is 23.2 Å². The van der Waals surface area contributed by atoms with Crippen LogP contribution >= 0.6 is 15.9 Å². The molecule has 2 aliphatic heterocycles. The first-order chi connectivity index (χ1) is 16.0. The third-order valence-corrected chi connectivity index (χ3v) is 6.90. The van der Waals surface area contributed by atoms with Gasteiger partial charge >= 0.3 is 0 Å². The summed E-state index contributed by atoms with van der Waals surface area (Å²) in [6.45, 7) is 12.0. The minimum absolute atomic E-state index is 0.00679. The Morgan fingerprint density at radius 3 is 2.29 bits per heavy atom. The van der Waals surface area contributed by atoms with Crippen molar-refractivity contribution in [3.05, 3.63) is 16.1 Å². The number of hydrogen-bond acceptors (Lipinski definition) is 4. The molecule has 1 aromatic heterocycles. The fourth-order valence-electron chi connectivity index (χ4n) is 4.44. The lowest BCUT2D eigenvalue weighted by Crippen LogP contribution is -2.54. The van der Waals surface area contributed by atoms with Crippen LogP contribution in [0, 0.1) is 10.8 Å². The van der Waals surface area contributed by atoms with Crippen LogP contribution in [0.5, 0.6) is 0 Å². The lowest BCUT2D eigenvalue weighted by molar-refractivity contribution is -0.136. The number of carbonyl (C=O) groups is 3. The normalized spacial score (nSPS) is 19.2. The molecule has 1 aromatic rings. The molecule has 0 aromatic carbocycles. The van der Waals surface area contributed by atoms with E-state index in [1.807, 2.05) is 25.3 Å². The minimum Gasteiger partial charge on any atom is -0.338 e. The predicted molar refractivity (Wildman–Crippen MR) is 131 cm³/mol. The zero-order chi connectivity index (χ0) is 26.3. The molecule has 3 heterocycles. The van der Waals surface area contributed by atoms with Gasteiger partial charge in [0.05, 0.1) is 18.8 Å². The second-order valence-electron chi connectivity index (χ2n) is 11.9. The van der Waals surface area contributed by atoms with Gasteiger partial charge in [-0.1, -0.05) is 41.5 Å². The summed E-state index contributed by atoms with van der Waals surface area (Å²) < 4.78 is 29.8. The molecule has 0 saturated carbocycles. The molecule has 0 radical (unpaired) electrons. The molecular weight excluding hydrogens is 524 g/mol. The monoisotopic (exact) mass is 559 g/mol. The number of imidazole rings is 1. The Labute approximate surface area is 213 Å². The molecule has 3 amide bonds. The van der Waals surface area contributed by atoms with Crippen LogP contribution in [0.4, 0.5) is 8.78 Å². The van der Waals surface area contributed by atoms with Crippen molar-refractivity contribution in [1.29, 1.82) is 0 Å². The van der Waals surface area contributed by atoms with Crippen LogP contribution in [-0.4, -0.2) is 68.7 Å². The maximum atomic E-state index is 13.7. The summed E-state index contributed by atoms with van der Waals surface area (Å²) in [5.41, 5.74) is -0.173. The number of likely N-dealkylation sites (tertiary alicyclic amines) is 1. The minimum atomic E-state index is -2.92. The number of carbonyl (C=O) groups excluding carboxylic acids is 3. The van der Waals surface area contributed by atoms with Crippen LogP contribution < -0.4 is 5.32 Å². The third kappa shape index (κ3) is 6.59. The van der Waals surface area contributed by atoms with Gasteiger partial charge in [0.2, 0.25) is 11.8 Å². The third-order valence-electron chi connectivity index (χ3n) is 6.30. The number of aromatic nitrogens is 2. The highest BCUT2D eigenvalue weighted by Gasteiger charge is 2.45. The fraction of sp³-hybridized carbons (Fsp3) is 0.750. The summed E-state index contributed by atoms with van der Waals surface area (Å²) in [5.74, 6) is -4.01. The highest BCUT2D eigenvalue weighted by Crippen LogP contribution is 2.31. The highest BCUT2D eigenvalue weighted by molar-refractivity contribution is 9.10. The topological polar surface area (TPSA) is 87.5 Å². The second-order valence-corrected chi connectivity index (χ2v) is 12.6. The fourth-order valence-corrected chi connectivity index (χ4v) is 5.01. The maximum absolute atomic E-state index is 13.7. The van der Waals surface area contributed by atoms with Crippen LogP contribution in [0.15, 0.2) is 4.73 Å². The summed E-state index contributed by atoms with van der Waals surface area (Å²) in [7, 11) is 0. The Balaban J connectivity index is 1.85. The average molecular weight is 560 g/mol. The number of amides is 3. The van der Waals surface area contributed by atoms with Crippen molar-refractivity contribution in [2.45, 2.75) is 85.9 Å². The number of fused-ring (bicyclic) bond motifs is 1. The molecule has 0 bridgehead atoms. The number of rotatable bonds is 4. The molecule has 1 atom stereocenters. The van der Waals surface area contributed by atoms with Crippen LogP contribution in [0.1, 0.15) is 77.0 Å². The summed E-state index contributed by atoms with van der Waals surface area (Å²) >= 11 is 3.42. The molecule has 0 spiro atoms. The van der Waals surface area contributed by atoms with E-state index in [-0.39, 0.29) is 36.5 Å². The van der Waals surface area contributed by atoms with Gasteiger partial charge in [0.1, 0.15) is 6.04 Å². The van der Waals surface area contributed by atoms with Crippen molar-refractivity contribution in [3.63, 3.8) is 0 Å². The molecule has 0 unspecified atom stereocenters. The van der Waals surface area contributed by atoms with Crippen molar-refractivity contribution >= 4 is 33.7 Å². The smallest absolute Gasteiger partial charge is 0.272 e. The first-order valence-corrected chi connectivity index (χ1v) is 12.8. The maximum Gasteiger partial charge on any atom is 0.272 e. The van der Waals surface area contributed by atoms with E-state index >= 15 is 0 Å². The first-order valence-electron chi connectivity index (χ1n) is 12.0. The zero-order valence-electron chi connectivity index (χ0n) is 21.4. The SMILES string of the molecule is CC(C)(C)CC(=O)N1CCCn2c(Br)nc(C(=O)N[C@H](C(=O)N3CCC(F)(F)C3)C(C)(C)C)c2C1. The van der Waals surface area contributed by atoms with Gasteiger partial charge in [-0.25, -0.2) is 13.8 Å². The largest absolute Gasteiger partial charge is 0.338 e. The molecule has 1 saturated heterocycles. The van der Waals surface area contributed by atoms with Gasteiger partial charge < -0.3 is 19.7 Å². The van der Waals surface area contributed by atoms with Crippen molar-refractivity contribution in [2.75, 3.05) is 19.6 Å². The Morgan fingerprint density at radius 2 is 1.74 bits per heavy atom. The molecule has 35 heavy (non-hydrogen) atoms.